The number of rotatable bonds is 3. The van der Waals surface area contributed by atoms with E-state index >= 15 is 0 Å². The SMILES string of the molecule is CN1C=C2C(=O)N(N3CCN(C(=O)[C@H](NC(=O)O)C(C)(C)C)CC3)CN2C1. The van der Waals surface area contributed by atoms with Gasteiger partial charge in [-0.3, -0.25) is 9.59 Å². The highest BCUT2D eigenvalue weighted by Crippen LogP contribution is 2.26. The number of hydrogen-bond donors (Lipinski definition) is 2. The number of fused-ring (bicyclic) bond motifs is 1. The van der Waals surface area contributed by atoms with Crippen molar-refractivity contribution >= 4 is 17.9 Å². The van der Waals surface area contributed by atoms with Crippen LogP contribution < -0.4 is 5.32 Å². The molecule has 10 nitrogen and oxygen atoms in total. The highest BCUT2D eigenvalue weighted by molar-refractivity contribution is 5.94. The fourth-order valence-corrected chi connectivity index (χ4v) is 3.68. The quantitative estimate of drug-likeness (QED) is 0.686. The number of nitrogens with one attached hydrogen (secondary N) is 1. The maximum atomic E-state index is 12.8. The van der Waals surface area contributed by atoms with Crippen LogP contribution in [-0.2, 0) is 9.59 Å². The lowest BCUT2D eigenvalue weighted by molar-refractivity contribution is -0.150. The van der Waals surface area contributed by atoms with Gasteiger partial charge in [-0.2, -0.15) is 0 Å². The summed E-state index contributed by atoms with van der Waals surface area (Å²) >= 11 is 0. The maximum absolute atomic E-state index is 12.8. The lowest BCUT2D eigenvalue weighted by Crippen LogP contribution is -2.60. The average molecular weight is 380 g/mol. The van der Waals surface area contributed by atoms with Gasteiger partial charge in [-0.1, -0.05) is 20.8 Å². The Hall–Kier alpha value is -2.49. The molecule has 150 valence electrons. The molecule has 3 heterocycles. The van der Waals surface area contributed by atoms with Crippen LogP contribution in [0.3, 0.4) is 0 Å². The summed E-state index contributed by atoms with van der Waals surface area (Å²) in [6.45, 7) is 8.72. The summed E-state index contributed by atoms with van der Waals surface area (Å²) in [5, 5.41) is 15.1. The lowest BCUT2D eigenvalue weighted by atomic mass is 9.85. The third-order valence-corrected chi connectivity index (χ3v) is 5.13. The van der Waals surface area contributed by atoms with Crippen LogP contribution in [0.5, 0.6) is 0 Å². The predicted octanol–water partition coefficient (Wildman–Crippen LogP) is -0.426. The number of hydrazine groups is 1. The van der Waals surface area contributed by atoms with Gasteiger partial charge in [0.05, 0.1) is 6.67 Å². The molecule has 2 saturated heterocycles. The number of carbonyl (C=O) groups excluding carboxylic acids is 2. The Morgan fingerprint density at radius 3 is 2.30 bits per heavy atom. The van der Waals surface area contributed by atoms with Gasteiger partial charge in [0.1, 0.15) is 18.4 Å². The van der Waals surface area contributed by atoms with Crippen molar-refractivity contribution in [2.24, 2.45) is 5.41 Å². The Morgan fingerprint density at radius 1 is 1.15 bits per heavy atom. The summed E-state index contributed by atoms with van der Waals surface area (Å²) in [4.78, 5) is 42.2. The van der Waals surface area contributed by atoms with Crippen LogP contribution in [0, 0.1) is 5.41 Å². The highest BCUT2D eigenvalue weighted by atomic mass is 16.4. The van der Waals surface area contributed by atoms with E-state index in [1.165, 1.54) is 0 Å². The molecule has 3 aliphatic rings. The molecule has 0 bridgehead atoms. The molecule has 3 aliphatic heterocycles. The van der Waals surface area contributed by atoms with Gasteiger partial charge in [0, 0.05) is 39.4 Å². The van der Waals surface area contributed by atoms with Crippen LogP contribution in [0.15, 0.2) is 11.9 Å². The van der Waals surface area contributed by atoms with Crippen LogP contribution in [-0.4, -0.2) is 100 Å². The minimum atomic E-state index is -1.21. The monoisotopic (exact) mass is 380 g/mol. The van der Waals surface area contributed by atoms with Crippen molar-refractivity contribution in [1.29, 1.82) is 0 Å². The second-order valence-corrected chi connectivity index (χ2v) is 8.33. The summed E-state index contributed by atoms with van der Waals surface area (Å²) < 4.78 is 0. The molecule has 0 aromatic heterocycles. The Kier molecular flexibility index (Phi) is 4.94. The van der Waals surface area contributed by atoms with Crippen molar-refractivity contribution in [2.45, 2.75) is 26.8 Å². The van der Waals surface area contributed by atoms with Crippen molar-refractivity contribution in [3.8, 4) is 0 Å². The van der Waals surface area contributed by atoms with Gasteiger partial charge in [-0.05, 0) is 5.41 Å². The van der Waals surface area contributed by atoms with E-state index in [9.17, 15) is 14.4 Å². The Bertz CT molecular complexity index is 665. The zero-order valence-corrected chi connectivity index (χ0v) is 16.3. The fraction of sp³-hybridized carbons (Fsp3) is 0.706. The fourth-order valence-electron chi connectivity index (χ4n) is 3.68. The maximum Gasteiger partial charge on any atom is 0.405 e. The topological polar surface area (TPSA) is 99.7 Å². The van der Waals surface area contributed by atoms with E-state index in [1.807, 2.05) is 48.8 Å². The minimum absolute atomic E-state index is 0.0146. The summed E-state index contributed by atoms with van der Waals surface area (Å²) in [7, 11) is 1.93. The largest absolute Gasteiger partial charge is 0.465 e. The van der Waals surface area contributed by atoms with E-state index in [2.05, 4.69) is 5.32 Å². The molecule has 10 heteroatoms. The second-order valence-electron chi connectivity index (χ2n) is 8.33. The molecule has 3 rings (SSSR count). The average Bonchev–Trinajstić information content (AvgIpc) is 3.09. The van der Waals surface area contributed by atoms with Crippen LogP contribution in [0.2, 0.25) is 0 Å². The molecule has 0 aliphatic carbocycles. The van der Waals surface area contributed by atoms with Gasteiger partial charge >= 0.3 is 6.09 Å². The summed E-state index contributed by atoms with van der Waals surface area (Å²) in [6, 6.07) is -0.805. The van der Waals surface area contributed by atoms with Gasteiger partial charge in [0.25, 0.3) is 5.91 Å². The molecule has 1 atom stereocenters. The Balaban J connectivity index is 1.60. The minimum Gasteiger partial charge on any atom is -0.465 e. The first kappa shape index (κ1) is 19.3. The van der Waals surface area contributed by atoms with Crippen molar-refractivity contribution in [2.75, 3.05) is 46.6 Å². The Morgan fingerprint density at radius 2 is 1.78 bits per heavy atom. The molecule has 0 aromatic rings. The molecule has 2 fully saturated rings. The van der Waals surface area contributed by atoms with E-state index in [0.717, 1.165) is 0 Å². The first-order valence-electron chi connectivity index (χ1n) is 9.10. The van der Waals surface area contributed by atoms with Gasteiger partial charge in [0.2, 0.25) is 5.91 Å². The summed E-state index contributed by atoms with van der Waals surface area (Å²) in [5.74, 6) is -0.235. The molecule has 0 radical (unpaired) electrons. The third kappa shape index (κ3) is 3.80. The molecule has 0 spiro atoms. The molecule has 27 heavy (non-hydrogen) atoms. The summed E-state index contributed by atoms with van der Waals surface area (Å²) in [6.07, 6.45) is 0.650. The van der Waals surface area contributed by atoms with E-state index in [1.54, 1.807) is 9.91 Å². The van der Waals surface area contributed by atoms with Crippen molar-refractivity contribution < 1.29 is 19.5 Å². The van der Waals surface area contributed by atoms with Crippen molar-refractivity contribution in [3.05, 3.63) is 11.9 Å². The first-order chi connectivity index (χ1) is 12.6. The van der Waals surface area contributed by atoms with E-state index < -0.39 is 17.6 Å². The van der Waals surface area contributed by atoms with E-state index in [4.69, 9.17) is 5.11 Å². The van der Waals surface area contributed by atoms with Crippen LogP contribution in [0.25, 0.3) is 0 Å². The van der Waals surface area contributed by atoms with Gasteiger partial charge in [-0.25, -0.2) is 14.8 Å². The van der Waals surface area contributed by atoms with Gasteiger partial charge < -0.3 is 25.1 Å². The lowest BCUT2D eigenvalue weighted by Gasteiger charge is -2.41. The van der Waals surface area contributed by atoms with Gasteiger partial charge in [-0.15, -0.1) is 0 Å². The number of carbonyl (C=O) groups is 3. The zero-order valence-electron chi connectivity index (χ0n) is 16.3. The Labute approximate surface area is 158 Å². The predicted molar refractivity (Wildman–Crippen MR) is 96.8 cm³/mol. The van der Waals surface area contributed by atoms with Gasteiger partial charge in [0.15, 0.2) is 0 Å². The van der Waals surface area contributed by atoms with Crippen LogP contribution in [0.4, 0.5) is 4.79 Å². The normalized spacial score (nSPS) is 22.1. The highest BCUT2D eigenvalue weighted by Gasteiger charge is 2.42. The molecule has 2 N–H and O–H groups in total. The van der Waals surface area contributed by atoms with E-state index in [-0.39, 0.29) is 11.8 Å². The van der Waals surface area contributed by atoms with Crippen molar-refractivity contribution in [3.63, 3.8) is 0 Å². The molecule has 0 saturated carbocycles. The van der Waals surface area contributed by atoms with Crippen LogP contribution in [0.1, 0.15) is 20.8 Å². The molecule has 3 amide bonds. The van der Waals surface area contributed by atoms with Crippen molar-refractivity contribution in [1.82, 2.24) is 30.0 Å². The third-order valence-electron chi connectivity index (χ3n) is 5.13. The summed E-state index contributed by atoms with van der Waals surface area (Å²) in [5.41, 5.74) is 0.176. The number of hydrogen-bond acceptors (Lipinski definition) is 6. The molecular formula is C17H28N6O4. The molecule has 0 unspecified atom stereocenters. The number of carboxylic acid groups (broad SMARTS) is 1. The standard InChI is InChI=1S/C17H28N6O4/c1-17(2,3)13(18-16(26)27)15(25)20-5-7-22(8-6-20)23-11-21-10-19(4)9-12(21)14(23)24/h9,13,18H,5-8,10-11H2,1-4H3,(H,26,27)/t13-/m0/s1. The first-order valence-corrected chi connectivity index (χ1v) is 9.10. The van der Waals surface area contributed by atoms with Crippen LogP contribution >= 0.6 is 0 Å². The smallest absolute Gasteiger partial charge is 0.405 e. The molecular weight excluding hydrogens is 352 g/mol. The number of piperazine rings is 1. The zero-order chi connectivity index (χ0) is 19.9. The second kappa shape index (κ2) is 6.91. The number of nitrogens with zero attached hydrogens (tertiary/aromatic N) is 5. The van der Waals surface area contributed by atoms with E-state index in [0.29, 0.717) is 45.2 Å². The number of amides is 3. The molecule has 0 aromatic carbocycles.